The molecule has 0 spiro atoms. The minimum absolute atomic E-state index is 0.0172. The Hall–Kier alpha value is -0.820. The Kier molecular flexibility index (Phi) is 5.46. The summed E-state index contributed by atoms with van der Waals surface area (Å²) in [7, 11) is 0. The predicted molar refractivity (Wildman–Crippen MR) is 90.8 cm³/mol. The summed E-state index contributed by atoms with van der Waals surface area (Å²) in [6, 6.07) is 3.85. The highest BCUT2D eigenvalue weighted by atomic mass is 35.5. The Labute approximate surface area is 144 Å². The highest BCUT2D eigenvalue weighted by Crippen LogP contribution is 2.33. The van der Waals surface area contributed by atoms with Crippen molar-refractivity contribution in [3.05, 3.63) is 34.6 Å². The van der Waals surface area contributed by atoms with Crippen molar-refractivity contribution in [2.24, 2.45) is 0 Å². The highest BCUT2D eigenvalue weighted by molar-refractivity contribution is 7.99. The summed E-state index contributed by atoms with van der Waals surface area (Å²) in [5.41, 5.74) is 0.298. The van der Waals surface area contributed by atoms with Crippen LogP contribution in [0.15, 0.2) is 18.2 Å². The highest BCUT2D eigenvalue weighted by Gasteiger charge is 2.40. The van der Waals surface area contributed by atoms with Gasteiger partial charge in [-0.1, -0.05) is 11.6 Å². The van der Waals surface area contributed by atoms with Crippen LogP contribution in [-0.4, -0.2) is 60.7 Å². The quantitative estimate of drug-likeness (QED) is 0.897. The fourth-order valence-corrected chi connectivity index (χ4v) is 4.88. The molecular weight excluding hydrogens is 339 g/mol. The molecule has 0 aliphatic carbocycles. The van der Waals surface area contributed by atoms with Gasteiger partial charge >= 0.3 is 0 Å². The third-order valence-electron chi connectivity index (χ3n) is 4.52. The number of hydrogen-bond donors (Lipinski definition) is 1. The van der Waals surface area contributed by atoms with Crippen LogP contribution in [0.2, 0.25) is 5.02 Å². The molecule has 1 amide bonds. The fraction of sp³-hybridized carbons (Fsp3) is 0.562. The molecule has 0 radical (unpaired) electrons. The largest absolute Gasteiger partial charge is 0.379 e. The third kappa shape index (κ3) is 3.82. The number of halogens is 2. The molecule has 1 aromatic rings. The zero-order valence-electron chi connectivity index (χ0n) is 12.8. The van der Waals surface area contributed by atoms with E-state index >= 15 is 0 Å². The number of nitrogens with zero attached hydrogens (tertiary/aromatic N) is 1. The molecule has 3 rings (SSSR count). The van der Waals surface area contributed by atoms with Gasteiger partial charge < -0.3 is 10.1 Å². The van der Waals surface area contributed by atoms with Crippen molar-refractivity contribution in [3.8, 4) is 0 Å². The first-order valence-electron chi connectivity index (χ1n) is 7.75. The Bertz CT molecular complexity index is 575. The van der Waals surface area contributed by atoms with Crippen LogP contribution >= 0.6 is 23.4 Å². The monoisotopic (exact) mass is 358 g/mol. The molecule has 0 bridgehead atoms. The SMILES string of the molecule is O=C(NCC1(N2CCOCC2)CCSC1)c1ccc(F)cc1Cl. The number of rotatable bonds is 4. The van der Waals surface area contributed by atoms with Crippen molar-refractivity contribution >= 4 is 29.3 Å². The first kappa shape index (κ1) is 17.0. The molecule has 1 unspecified atom stereocenters. The van der Waals surface area contributed by atoms with Crippen LogP contribution in [-0.2, 0) is 4.74 Å². The summed E-state index contributed by atoms with van der Waals surface area (Å²) in [6.45, 7) is 3.85. The van der Waals surface area contributed by atoms with Crippen LogP contribution in [0.5, 0.6) is 0 Å². The lowest BCUT2D eigenvalue weighted by molar-refractivity contribution is -0.0129. The number of ether oxygens (including phenoxy) is 1. The van der Waals surface area contributed by atoms with Crippen molar-refractivity contribution in [1.82, 2.24) is 10.2 Å². The number of hydrogen-bond acceptors (Lipinski definition) is 4. The molecule has 1 aromatic carbocycles. The number of thioether (sulfide) groups is 1. The van der Waals surface area contributed by atoms with E-state index < -0.39 is 5.82 Å². The summed E-state index contributed by atoms with van der Waals surface area (Å²) in [4.78, 5) is 14.8. The Balaban J connectivity index is 1.68. The van der Waals surface area contributed by atoms with E-state index in [4.69, 9.17) is 16.3 Å². The lowest BCUT2D eigenvalue weighted by Crippen LogP contribution is -2.59. The molecule has 0 saturated carbocycles. The Morgan fingerprint density at radius 3 is 2.87 bits per heavy atom. The van der Waals surface area contributed by atoms with E-state index in [0.717, 1.165) is 44.2 Å². The van der Waals surface area contributed by atoms with Crippen LogP contribution in [0, 0.1) is 5.82 Å². The number of benzene rings is 1. The van der Waals surface area contributed by atoms with E-state index in [-0.39, 0.29) is 16.5 Å². The number of carbonyl (C=O) groups excluding carboxylic acids is 1. The minimum Gasteiger partial charge on any atom is -0.379 e. The molecule has 23 heavy (non-hydrogen) atoms. The number of nitrogens with one attached hydrogen (secondary N) is 1. The van der Waals surface area contributed by atoms with Crippen LogP contribution in [0.25, 0.3) is 0 Å². The molecule has 2 saturated heterocycles. The van der Waals surface area contributed by atoms with Gasteiger partial charge in [-0.2, -0.15) is 11.8 Å². The zero-order valence-corrected chi connectivity index (χ0v) is 14.4. The normalized spacial score (nSPS) is 25.5. The van der Waals surface area contributed by atoms with Gasteiger partial charge in [0.05, 0.1) is 23.8 Å². The van der Waals surface area contributed by atoms with Gasteiger partial charge in [-0.25, -0.2) is 4.39 Å². The van der Waals surface area contributed by atoms with Crippen molar-refractivity contribution in [3.63, 3.8) is 0 Å². The molecule has 2 aliphatic heterocycles. The Morgan fingerprint density at radius 2 is 2.22 bits per heavy atom. The van der Waals surface area contributed by atoms with Gasteiger partial charge in [0, 0.05) is 30.9 Å². The van der Waals surface area contributed by atoms with Crippen molar-refractivity contribution in [2.45, 2.75) is 12.0 Å². The third-order valence-corrected chi connectivity index (χ3v) is 6.07. The smallest absolute Gasteiger partial charge is 0.252 e. The fourth-order valence-electron chi connectivity index (χ4n) is 3.15. The maximum Gasteiger partial charge on any atom is 0.252 e. The average Bonchev–Trinajstić information content (AvgIpc) is 3.04. The topological polar surface area (TPSA) is 41.6 Å². The number of carbonyl (C=O) groups is 1. The van der Waals surface area contributed by atoms with Gasteiger partial charge in [0.1, 0.15) is 5.82 Å². The van der Waals surface area contributed by atoms with Gasteiger partial charge in [-0.15, -0.1) is 0 Å². The first-order chi connectivity index (χ1) is 11.1. The van der Waals surface area contributed by atoms with E-state index in [1.807, 2.05) is 11.8 Å². The summed E-state index contributed by atoms with van der Waals surface area (Å²) in [5, 5.41) is 3.14. The zero-order chi connectivity index (χ0) is 16.3. The van der Waals surface area contributed by atoms with E-state index in [0.29, 0.717) is 12.1 Å². The minimum atomic E-state index is -0.441. The van der Waals surface area contributed by atoms with Gasteiger partial charge in [0.25, 0.3) is 5.91 Å². The van der Waals surface area contributed by atoms with Crippen LogP contribution < -0.4 is 5.32 Å². The maximum absolute atomic E-state index is 13.1. The predicted octanol–water partition coefficient (Wildman–Crippen LogP) is 2.42. The van der Waals surface area contributed by atoms with Crippen LogP contribution in [0.1, 0.15) is 16.8 Å². The summed E-state index contributed by atoms with van der Waals surface area (Å²) >= 11 is 7.89. The summed E-state index contributed by atoms with van der Waals surface area (Å²) < 4.78 is 18.5. The van der Waals surface area contributed by atoms with Gasteiger partial charge in [0.15, 0.2) is 0 Å². The number of amides is 1. The molecule has 2 aliphatic rings. The standard InChI is InChI=1S/C16H20ClFN2O2S/c17-14-9-12(18)1-2-13(14)15(21)19-10-16(3-8-23-11-16)20-4-6-22-7-5-20/h1-2,9H,3-8,10-11H2,(H,19,21). The molecule has 1 atom stereocenters. The lowest BCUT2D eigenvalue weighted by Gasteiger charge is -2.43. The molecule has 4 nitrogen and oxygen atoms in total. The molecule has 2 heterocycles. The second kappa shape index (κ2) is 7.38. The van der Waals surface area contributed by atoms with E-state index in [2.05, 4.69) is 10.2 Å². The number of morpholine rings is 1. The molecule has 7 heteroatoms. The van der Waals surface area contributed by atoms with Crippen LogP contribution in [0.3, 0.4) is 0 Å². The van der Waals surface area contributed by atoms with Crippen molar-refractivity contribution in [2.75, 3.05) is 44.4 Å². The summed E-state index contributed by atoms with van der Waals surface area (Å²) in [5.74, 6) is 1.41. The Morgan fingerprint density at radius 1 is 1.43 bits per heavy atom. The molecule has 1 N–H and O–H groups in total. The second-order valence-corrected chi connectivity index (χ2v) is 7.45. The first-order valence-corrected chi connectivity index (χ1v) is 9.28. The second-order valence-electron chi connectivity index (χ2n) is 5.93. The maximum atomic E-state index is 13.1. The molecule has 2 fully saturated rings. The lowest BCUT2D eigenvalue weighted by atomic mass is 9.95. The average molecular weight is 359 g/mol. The van der Waals surface area contributed by atoms with E-state index in [1.165, 1.54) is 18.2 Å². The van der Waals surface area contributed by atoms with Crippen LogP contribution in [0.4, 0.5) is 4.39 Å². The van der Waals surface area contributed by atoms with Crippen molar-refractivity contribution in [1.29, 1.82) is 0 Å². The van der Waals surface area contributed by atoms with E-state index in [9.17, 15) is 9.18 Å². The van der Waals surface area contributed by atoms with Gasteiger partial charge in [-0.3, -0.25) is 9.69 Å². The molecular formula is C16H20ClFN2O2S. The summed E-state index contributed by atoms with van der Waals surface area (Å²) in [6.07, 6.45) is 1.05. The van der Waals surface area contributed by atoms with E-state index in [1.54, 1.807) is 0 Å². The van der Waals surface area contributed by atoms with Gasteiger partial charge in [0.2, 0.25) is 0 Å². The molecule has 0 aromatic heterocycles. The van der Waals surface area contributed by atoms with Crippen molar-refractivity contribution < 1.29 is 13.9 Å². The van der Waals surface area contributed by atoms with Gasteiger partial charge in [-0.05, 0) is 30.4 Å². The molecule has 126 valence electrons.